The molecule has 0 radical (unpaired) electrons. The van der Waals surface area contributed by atoms with Crippen molar-refractivity contribution in [1.82, 2.24) is 14.8 Å². The van der Waals surface area contributed by atoms with Gasteiger partial charge in [-0.2, -0.15) is 5.10 Å². The van der Waals surface area contributed by atoms with Gasteiger partial charge in [-0.1, -0.05) is 0 Å². The Hall–Kier alpha value is -2.37. The Morgan fingerprint density at radius 1 is 1.39 bits per heavy atom. The molecule has 0 atom stereocenters. The van der Waals surface area contributed by atoms with Crippen LogP contribution in [0.25, 0.3) is 0 Å². The molecule has 0 aromatic carbocycles. The molecule has 0 aliphatic carbocycles. The molecular formula is C12H15N5O. The molecule has 0 aliphatic rings. The first-order valence-corrected chi connectivity index (χ1v) is 5.70. The van der Waals surface area contributed by atoms with Crippen LogP contribution in [0.15, 0.2) is 30.6 Å². The van der Waals surface area contributed by atoms with E-state index in [1.54, 1.807) is 42.3 Å². The molecular weight excluding hydrogens is 230 g/mol. The van der Waals surface area contributed by atoms with E-state index in [-0.39, 0.29) is 5.91 Å². The molecule has 1 amide bonds. The molecule has 2 aromatic heterocycles. The van der Waals surface area contributed by atoms with Crippen molar-refractivity contribution >= 4 is 17.5 Å². The third-order valence-corrected chi connectivity index (χ3v) is 2.44. The molecule has 2 N–H and O–H groups in total. The third kappa shape index (κ3) is 2.65. The summed E-state index contributed by atoms with van der Waals surface area (Å²) >= 11 is 0. The zero-order chi connectivity index (χ0) is 13.0. The summed E-state index contributed by atoms with van der Waals surface area (Å²) in [6.07, 6.45) is 3.24. The number of amides is 1. The monoisotopic (exact) mass is 245 g/mol. The topological polar surface area (TPSA) is 71.8 Å². The van der Waals surface area contributed by atoms with Crippen LogP contribution in [0.5, 0.6) is 0 Å². The van der Waals surface area contributed by atoms with Crippen LogP contribution in [0.1, 0.15) is 17.3 Å². The molecule has 2 heterocycles. The van der Waals surface area contributed by atoms with Crippen LogP contribution in [-0.2, 0) is 7.05 Å². The minimum absolute atomic E-state index is 0.180. The lowest BCUT2D eigenvalue weighted by atomic mass is 10.2. The van der Waals surface area contributed by atoms with Crippen molar-refractivity contribution in [1.29, 1.82) is 0 Å². The second kappa shape index (κ2) is 5.31. The number of carbonyl (C=O) groups excluding carboxylic acids is 1. The normalized spacial score (nSPS) is 10.1. The Balaban J connectivity index is 2.14. The van der Waals surface area contributed by atoms with E-state index in [9.17, 15) is 4.79 Å². The van der Waals surface area contributed by atoms with E-state index in [1.165, 1.54) is 0 Å². The van der Waals surface area contributed by atoms with Gasteiger partial charge in [0.2, 0.25) is 0 Å². The highest BCUT2D eigenvalue weighted by Gasteiger charge is 2.08. The number of rotatable bonds is 4. The maximum Gasteiger partial charge on any atom is 0.256 e. The van der Waals surface area contributed by atoms with Crippen molar-refractivity contribution in [3.63, 3.8) is 0 Å². The Bertz CT molecular complexity index is 549. The van der Waals surface area contributed by atoms with E-state index in [0.29, 0.717) is 17.2 Å². The first kappa shape index (κ1) is 12.1. The van der Waals surface area contributed by atoms with Crippen LogP contribution in [-0.4, -0.2) is 27.2 Å². The number of carbonyl (C=O) groups is 1. The molecule has 0 fully saturated rings. The summed E-state index contributed by atoms with van der Waals surface area (Å²) in [4.78, 5) is 16.1. The second-order valence-electron chi connectivity index (χ2n) is 3.75. The Kier molecular flexibility index (Phi) is 3.57. The molecule has 0 bridgehead atoms. The zero-order valence-electron chi connectivity index (χ0n) is 10.3. The number of aromatic nitrogens is 3. The van der Waals surface area contributed by atoms with Crippen LogP contribution < -0.4 is 10.6 Å². The second-order valence-corrected chi connectivity index (χ2v) is 3.75. The molecule has 0 saturated heterocycles. The summed E-state index contributed by atoms with van der Waals surface area (Å²) in [5, 5.41) is 9.83. The van der Waals surface area contributed by atoms with Crippen molar-refractivity contribution in [2.24, 2.45) is 7.05 Å². The summed E-state index contributed by atoms with van der Waals surface area (Å²) in [5.74, 6) is 1.16. The number of nitrogens with zero attached hydrogens (tertiary/aromatic N) is 3. The maximum atomic E-state index is 12.0. The number of pyridine rings is 1. The Morgan fingerprint density at radius 3 is 2.89 bits per heavy atom. The van der Waals surface area contributed by atoms with E-state index in [1.807, 2.05) is 6.92 Å². The van der Waals surface area contributed by atoms with Gasteiger partial charge in [0.1, 0.15) is 11.6 Å². The number of aryl methyl sites for hydroxylation is 1. The van der Waals surface area contributed by atoms with Crippen molar-refractivity contribution in [3.8, 4) is 0 Å². The van der Waals surface area contributed by atoms with E-state index in [2.05, 4.69) is 20.7 Å². The lowest BCUT2D eigenvalue weighted by molar-refractivity contribution is 0.102. The maximum absolute atomic E-state index is 12.0. The fraction of sp³-hybridized carbons (Fsp3) is 0.250. The van der Waals surface area contributed by atoms with Gasteiger partial charge in [-0.3, -0.25) is 9.48 Å². The molecule has 94 valence electrons. The van der Waals surface area contributed by atoms with Crippen molar-refractivity contribution in [3.05, 3.63) is 36.2 Å². The lowest BCUT2D eigenvalue weighted by Crippen LogP contribution is -2.15. The molecule has 18 heavy (non-hydrogen) atoms. The lowest BCUT2D eigenvalue weighted by Gasteiger charge is -2.07. The third-order valence-electron chi connectivity index (χ3n) is 2.44. The largest absolute Gasteiger partial charge is 0.370 e. The van der Waals surface area contributed by atoms with Crippen molar-refractivity contribution in [2.45, 2.75) is 6.92 Å². The standard InChI is InChI=1S/C12H15N5O/c1-3-13-10-8-9(4-6-14-10)12(18)16-11-5-7-15-17(11)2/h4-8H,3H2,1-2H3,(H,13,14)(H,16,18). The number of hydrogen-bond donors (Lipinski definition) is 2. The van der Waals surface area contributed by atoms with Gasteiger partial charge in [0.25, 0.3) is 5.91 Å². The van der Waals surface area contributed by atoms with Crippen LogP contribution in [0.3, 0.4) is 0 Å². The summed E-state index contributed by atoms with van der Waals surface area (Å²) in [6, 6.07) is 5.13. The predicted octanol–water partition coefficient (Wildman–Crippen LogP) is 1.50. The highest BCUT2D eigenvalue weighted by atomic mass is 16.1. The Morgan fingerprint density at radius 2 is 2.22 bits per heavy atom. The predicted molar refractivity (Wildman–Crippen MR) is 69.6 cm³/mol. The highest BCUT2D eigenvalue weighted by Crippen LogP contribution is 2.10. The quantitative estimate of drug-likeness (QED) is 0.856. The van der Waals surface area contributed by atoms with Gasteiger partial charge in [0.15, 0.2) is 0 Å². The zero-order valence-corrected chi connectivity index (χ0v) is 10.3. The first-order chi connectivity index (χ1) is 8.70. The molecule has 0 spiro atoms. The molecule has 2 rings (SSSR count). The summed E-state index contributed by atoms with van der Waals surface area (Å²) < 4.78 is 1.60. The molecule has 6 nitrogen and oxygen atoms in total. The first-order valence-electron chi connectivity index (χ1n) is 5.70. The van der Waals surface area contributed by atoms with E-state index < -0.39 is 0 Å². The van der Waals surface area contributed by atoms with E-state index in [0.717, 1.165) is 6.54 Å². The molecule has 0 aliphatic heterocycles. The van der Waals surface area contributed by atoms with E-state index >= 15 is 0 Å². The SMILES string of the molecule is CCNc1cc(C(=O)Nc2ccnn2C)ccn1. The molecule has 6 heteroatoms. The van der Waals surface area contributed by atoms with E-state index in [4.69, 9.17) is 0 Å². The smallest absolute Gasteiger partial charge is 0.256 e. The molecule has 0 saturated carbocycles. The van der Waals surface area contributed by atoms with Crippen LogP contribution >= 0.6 is 0 Å². The summed E-state index contributed by atoms with van der Waals surface area (Å²) in [7, 11) is 1.77. The van der Waals surface area contributed by atoms with Gasteiger partial charge >= 0.3 is 0 Å². The number of nitrogens with one attached hydrogen (secondary N) is 2. The number of anilines is 2. The molecule has 2 aromatic rings. The minimum atomic E-state index is -0.180. The minimum Gasteiger partial charge on any atom is -0.370 e. The van der Waals surface area contributed by atoms with Gasteiger partial charge in [-0.25, -0.2) is 4.98 Å². The summed E-state index contributed by atoms with van der Waals surface area (Å²) in [5.41, 5.74) is 0.558. The summed E-state index contributed by atoms with van der Waals surface area (Å²) in [6.45, 7) is 2.74. The van der Waals surface area contributed by atoms with Gasteiger partial charge in [-0.05, 0) is 19.1 Å². The fourth-order valence-electron chi connectivity index (χ4n) is 1.53. The van der Waals surface area contributed by atoms with Crippen LogP contribution in [0.2, 0.25) is 0 Å². The molecule has 0 unspecified atom stereocenters. The Labute approximate surface area is 105 Å². The average molecular weight is 245 g/mol. The van der Waals surface area contributed by atoms with Crippen LogP contribution in [0, 0.1) is 0 Å². The average Bonchev–Trinajstić information content (AvgIpc) is 2.76. The van der Waals surface area contributed by atoms with Gasteiger partial charge in [0, 0.05) is 31.4 Å². The number of hydrogen-bond acceptors (Lipinski definition) is 4. The van der Waals surface area contributed by atoms with Crippen molar-refractivity contribution < 1.29 is 4.79 Å². The van der Waals surface area contributed by atoms with Crippen LogP contribution in [0.4, 0.5) is 11.6 Å². The van der Waals surface area contributed by atoms with Gasteiger partial charge in [0.05, 0.1) is 6.20 Å². The fourth-order valence-corrected chi connectivity index (χ4v) is 1.53. The highest BCUT2D eigenvalue weighted by molar-refractivity contribution is 6.04. The van der Waals surface area contributed by atoms with Crippen molar-refractivity contribution in [2.75, 3.05) is 17.2 Å². The van der Waals surface area contributed by atoms with Gasteiger partial charge < -0.3 is 10.6 Å². The van der Waals surface area contributed by atoms with Gasteiger partial charge in [-0.15, -0.1) is 0 Å².